The predicted molar refractivity (Wildman–Crippen MR) is 62.7 cm³/mol. The van der Waals surface area contributed by atoms with Crippen molar-refractivity contribution < 1.29 is 9.08 Å². The van der Waals surface area contributed by atoms with Crippen LogP contribution in [-0.4, -0.2) is 18.1 Å². The Hall–Kier alpha value is -0.280. The number of nitrogens with one attached hydrogen (secondary N) is 1. The Morgan fingerprint density at radius 2 is 1.80 bits per heavy atom. The zero-order chi connectivity index (χ0) is 12.1. The van der Waals surface area contributed by atoms with E-state index < -0.39 is 0 Å². The van der Waals surface area contributed by atoms with Crippen LogP contribution in [0.4, 0.5) is 0 Å². The molecule has 0 amide bonds. The van der Waals surface area contributed by atoms with Crippen molar-refractivity contribution in [3.63, 3.8) is 0 Å². The zero-order valence-electron chi connectivity index (χ0n) is 10.3. The fourth-order valence-corrected chi connectivity index (χ4v) is 1.01. The second-order valence-electron chi connectivity index (χ2n) is 5.35. The second kappa shape index (κ2) is 5.71. The number of carbonyl (C=O) groups excluding carboxylic acids is 1. The van der Waals surface area contributed by atoms with E-state index >= 15 is 0 Å². The Balaban J connectivity index is 3.82. The van der Waals surface area contributed by atoms with E-state index in [1.165, 1.54) is 0 Å². The van der Waals surface area contributed by atoms with Gasteiger partial charge in [0.1, 0.15) is 11.9 Å². The van der Waals surface area contributed by atoms with Crippen molar-refractivity contribution in [2.75, 3.05) is 6.54 Å². The maximum atomic E-state index is 10.8. The highest BCUT2D eigenvalue weighted by Crippen LogP contribution is 2.29. The van der Waals surface area contributed by atoms with Crippen molar-refractivity contribution in [3.8, 4) is 0 Å². The maximum Gasteiger partial charge on any atom is 0.324 e. The summed E-state index contributed by atoms with van der Waals surface area (Å²) in [6, 6.07) is 0. The molecule has 0 heterocycles. The number of halogens is 1. The Morgan fingerprint density at radius 1 is 1.27 bits per heavy atom. The molecule has 0 saturated heterocycles. The van der Waals surface area contributed by atoms with Crippen LogP contribution >= 0.6 is 11.9 Å². The predicted octanol–water partition coefficient (Wildman–Crippen LogP) is 2.88. The summed E-state index contributed by atoms with van der Waals surface area (Å²) in [6.07, 6.45) is 1.10. The van der Waals surface area contributed by atoms with E-state index in [9.17, 15) is 4.79 Å². The van der Waals surface area contributed by atoms with E-state index in [0.29, 0.717) is 6.42 Å². The normalized spacial score (nSPS) is 12.7. The molecule has 4 heteroatoms. The van der Waals surface area contributed by atoms with Gasteiger partial charge < -0.3 is 9.61 Å². The smallest absolute Gasteiger partial charge is 0.324 e. The third-order valence-electron chi connectivity index (χ3n) is 3.09. The van der Waals surface area contributed by atoms with E-state index in [-0.39, 0.29) is 16.9 Å². The minimum absolute atomic E-state index is 0.0396. The average Bonchev–Trinajstić information content (AvgIpc) is 2.10. The molecule has 0 rings (SSSR count). The standard InChI is InChI=1S/C11H22ClNO2/c1-10(2,3)11(4,5)13-8-6-7-9(14)15-12/h13H,6-8H2,1-5H3. The summed E-state index contributed by atoms with van der Waals surface area (Å²) in [5.41, 5.74) is 0.220. The van der Waals surface area contributed by atoms with E-state index in [1.807, 2.05) is 0 Å². The van der Waals surface area contributed by atoms with Crippen molar-refractivity contribution in [3.05, 3.63) is 0 Å². The van der Waals surface area contributed by atoms with Gasteiger partial charge in [-0.2, -0.15) is 0 Å². The number of carbonyl (C=O) groups is 1. The third-order valence-corrected chi connectivity index (χ3v) is 3.26. The molecule has 3 nitrogen and oxygen atoms in total. The zero-order valence-corrected chi connectivity index (χ0v) is 11.1. The summed E-state index contributed by atoms with van der Waals surface area (Å²) in [7, 11) is 0. The Labute approximate surface area is 97.7 Å². The fourth-order valence-electron chi connectivity index (χ4n) is 0.937. The van der Waals surface area contributed by atoms with Crippen LogP contribution in [0.2, 0.25) is 0 Å². The molecule has 0 atom stereocenters. The largest absolute Gasteiger partial charge is 0.348 e. The van der Waals surface area contributed by atoms with E-state index in [1.54, 1.807) is 0 Å². The summed E-state index contributed by atoms with van der Waals surface area (Å²) in [4.78, 5) is 10.8. The molecule has 0 saturated carbocycles. The van der Waals surface area contributed by atoms with Gasteiger partial charge >= 0.3 is 5.97 Å². The summed E-state index contributed by atoms with van der Waals surface area (Å²) in [5, 5.41) is 3.43. The van der Waals surface area contributed by atoms with Crippen LogP contribution in [0.1, 0.15) is 47.5 Å². The van der Waals surface area contributed by atoms with E-state index in [2.05, 4.69) is 44.2 Å². The average molecular weight is 236 g/mol. The molecular weight excluding hydrogens is 214 g/mol. The minimum Gasteiger partial charge on any atom is -0.348 e. The lowest BCUT2D eigenvalue weighted by molar-refractivity contribution is -0.134. The van der Waals surface area contributed by atoms with Crippen LogP contribution in [0, 0.1) is 5.41 Å². The van der Waals surface area contributed by atoms with Crippen LogP contribution < -0.4 is 5.32 Å². The van der Waals surface area contributed by atoms with Gasteiger partial charge in [0.05, 0.1) is 0 Å². The summed E-state index contributed by atoms with van der Waals surface area (Å²) >= 11 is 4.92. The summed E-state index contributed by atoms with van der Waals surface area (Å²) < 4.78 is 4.06. The van der Waals surface area contributed by atoms with Gasteiger partial charge in [0.2, 0.25) is 0 Å². The van der Waals surface area contributed by atoms with Crippen LogP contribution in [-0.2, 0) is 9.08 Å². The lowest BCUT2D eigenvalue weighted by Crippen LogP contribution is -2.50. The van der Waals surface area contributed by atoms with Gasteiger partial charge in [-0.3, -0.25) is 4.79 Å². The number of hydrogen-bond acceptors (Lipinski definition) is 3. The lowest BCUT2D eigenvalue weighted by atomic mass is 9.76. The SMILES string of the molecule is CC(C)(C)C(C)(C)NCCCC(=O)OCl. The lowest BCUT2D eigenvalue weighted by Gasteiger charge is -2.40. The van der Waals surface area contributed by atoms with Gasteiger partial charge in [0.15, 0.2) is 0 Å². The first-order valence-corrected chi connectivity index (χ1v) is 5.58. The molecule has 0 aromatic heterocycles. The highest BCUT2D eigenvalue weighted by molar-refractivity contribution is 6.13. The Bertz CT molecular complexity index is 209. The number of rotatable bonds is 5. The van der Waals surface area contributed by atoms with Crippen molar-refractivity contribution in [1.82, 2.24) is 5.32 Å². The molecule has 0 aromatic carbocycles. The molecule has 0 aliphatic rings. The molecule has 0 aliphatic carbocycles. The summed E-state index contributed by atoms with van der Waals surface area (Å²) in [5.74, 6) is -0.368. The van der Waals surface area contributed by atoms with Crippen LogP contribution in [0.25, 0.3) is 0 Å². The first kappa shape index (κ1) is 14.7. The quantitative estimate of drug-likeness (QED) is 0.745. The minimum atomic E-state index is -0.368. The molecular formula is C11H22ClNO2. The highest BCUT2D eigenvalue weighted by Gasteiger charge is 2.31. The maximum absolute atomic E-state index is 10.8. The number of hydrogen-bond donors (Lipinski definition) is 1. The summed E-state index contributed by atoms with van der Waals surface area (Å²) in [6.45, 7) is 11.7. The van der Waals surface area contributed by atoms with Gasteiger partial charge in [0.25, 0.3) is 0 Å². The van der Waals surface area contributed by atoms with Crippen molar-refractivity contribution in [2.45, 2.75) is 53.0 Å². The molecule has 15 heavy (non-hydrogen) atoms. The molecule has 0 spiro atoms. The first-order valence-electron chi connectivity index (χ1n) is 5.27. The highest BCUT2D eigenvalue weighted by atomic mass is 35.5. The Kier molecular flexibility index (Phi) is 5.60. The van der Waals surface area contributed by atoms with Crippen molar-refractivity contribution in [1.29, 1.82) is 0 Å². The molecule has 1 N–H and O–H groups in total. The topological polar surface area (TPSA) is 38.3 Å². The van der Waals surface area contributed by atoms with E-state index in [4.69, 9.17) is 11.9 Å². The van der Waals surface area contributed by atoms with E-state index in [0.717, 1.165) is 13.0 Å². The Morgan fingerprint density at radius 3 is 2.20 bits per heavy atom. The van der Waals surface area contributed by atoms with Crippen molar-refractivity contribution >= 4 is 17.8 Å². The molecule has 0 unspecified atom stereocenters. The molecule has 0 bridgehead atoms. The molecule has 90 valence electrons. The van der Waals surface area contributed by atoms with Crippen LogP contribution in [0.3, 0.4) is 0 Å². The first-order chi connectivity index (χ1) is 6.70. The molecule has 0 aliphatic heterocycles. The van der Waals surface area contributed by atoms with Gasteiger partial charge in [-0.1, -0.05) is 20.8 Å². The van der Waals surface area contributed by atoms with Gasteiger partial charge in [-0.25, -0.2) is 0 Å². The molecule has 0 fully saturated rings. The monoisotopic (exact) mass is 235 g/mol. The molecule has 0 aromatic rings. The van der Waals surface area contributed by atoms with Gasteiger partial charge in [-0.05, 0) is 32.2 Å². The third kappa shape index (κ3) is 5.38. The van der Waals surface area contributed by atoms with Crippen LogP contribution in [0.15, 0.2) is 0 Å². The van der Waals surface area contributed by atoms with Gasteiger partial charge in [-0.15, -0.1) is 0 Å². The fraction of sp³-hybridized carbons (Fsp3) is 0.909. The van der Waals surface area contributed by atoms with Gasteiger partial charge in [0, 0.05) is 12.0 Å². The van der Waals surface area contributed by atoms with Crippen LogP contribution in [0.5, 0.6) is 0 Å². The second-order valence-corrected chi connectivity index (χ2v) is 5.51. The van der Waals surface area contributed by atoms with Crippen molar-refractivity contribution in [2.24, 2.45) is 5.41 Å². The molecule has 0 radical (unpaired) electrons.